The Balaban J connectivity index is 2.18. The van der Waals surface area contributed by atoms with Crippen molar-refractivity contribution in [2.24, 2.45) is 0 Å². The Hall–Kier alpha value is -1.05. The van der Waals surface area contributed by atoms with Gasteiger partial charge in [0.25, 0.3) is 0 Å². The minimum atomic E-state index is -3.46. The topological polar surface area (TPSA) is 74.7 Å². The monoisotopic (exact) mass is 315 g/mol. The van der Waals surface area contributed by atoms with Gasteiger partial charge in [-0.25, -0.2) is 8.42 Å². The molecular formula is C13H17NO4S2. The van der Waals surface area contributed by atoms with Crippen molar-refractivity contribution in [1.82, 2.24) is 4.31 Å². The van der Waals surface area contributed by atoms with Crippen molar-refractivity contribution in [2.75, 3.05) is 24.6 Å². The summed E-state index contributed by atoms with van der Waals surface area (Å²) in [6, 6.07) is 6.11. The van der Waals surface area contributed by atoms with Crippen LogP contribution in [0.25, 0.3) is 0 Å². The van der Waals surface area contributed by atoms with Gasteiger partial charge in [0.15, 0.2) is 0 Å². The van der Waals surface area contributed by atoms with Crippen LogP contribution in [-0.4, -0.2) is 48.4 Å². The Bertz CT molecular complexity index is 561. The van der Waals surface area contributed by atoms with E-state index in [-0.39, 0.29) is 11.3 Å². The fraction of sp³-hybridized carbons (Fsp3) is 0.462. The summed E-state index contributed by atoms with van der Waals surface area (Å²) in [7, 11) is -3.46. The SMILES string of the molecule is O=C(O)Cc1ccc(S(=O)(=O)N2CCCSCC2)cc1. The molecule has 0 saturated carbocycles. The van der Waals surface area contributed by atoms with Crippen LogP contribution in [0.3, 0.4) is 0 Å². The van der Waals surface area contributed by atoms with Gasteiger partial charge in [-0.05, 0) is 29.9 Å². The first-order valence-electron chi connectivity index (χ1n) is 6.39. The van der Waals surface area contributed by atoms with E-state index in [9.17, 15) is 13.2 Å². The number of thioether (sulfide) groups is 1. The fourth-order valence-electron chi connectivity index (χ4n) is 2.07. The molecule has 1 N–H and O–H groups in total. The average molecular weight is 315 g/mol. The van der Waals surface area contributed by atoms with Crippen LogP contribution in [0.5, 0.6) is 0 Å². The van der Waals surface area contributed by atoms with Crippen molar-refractivity contribution in [1.29, 1.82) is 0 Å². The summed E-state index contributed by atoms with van der Waals surface area (Å²) in [5.41, 5.74) is 0.600. The van der Waals surface area contributed by atoms with Gasteiger partial charge in [-0.2, -0.15) is 16.1 Å². The molecule has 1 saturated heterocycles. The van der Waals surface area contributed by atoms with E-state index in [4.69, 9.17) is 5.11 Å². The van der Waals surface area contributed by atoms with Crippen molar-refractivity contribution in [3.8, 4) is 0 Å². The second-order valence-electron chi connectivity index (χ2n) is 4.58. The number of nitrogens with zero attached hydrogens (tertiary/aromatic N) is 1. The predicted molar refractivity (Wildman–Crippen MR) is 78.5 cm³/mol. The van der Waals surface area contributed by atoms with Crippen LogP contribution in [-0.2, 0) is 21.2 Å². The summed E-state index contributed by atoms with van der Waals surface area (Å²) in [6.07, 6.45) is 0.766. The number of rotatable bonds is 4. The largest absolute Gasteiger partial charge is 0.481 e. The highest BCUT2D eigenvalue weighted by Gasteiger charge is 2.25. The molecule has 0 unspecified atom stereocenters. The smallest absolute Gasteiger partial charge is 0.307 e. The molecule has 7 heteroatoms. The van der Waals surface area contributed by atoms with Crippen molar-refractivity contribution in [3.05, 3.63) is 29.8 Å². The first-order valence-corrected chi connectivity index (χ1v) is 8.98. The van der Waals surface area contributed by atoms with Crippen molar-refractivity contribution in [3.63, 3.8) is 0 Å². The summed E-state index contributed by atoms with van der Waals surface area (Å²) in [5.74, 6) is 0.880. The van der Waals surface area contributed by atoms with Gasteiger partial charge in [0.2, 0.25) is 10.0 Å². The number of carboxylic acid groups (broad SMARTS) is 1. The second-order valence-corrected chi connectivity index (χ2v) is 7.75. The molecule has 1 fully saturated rings. The van der Waals surface area contributed by atoms with Gasteiger partial charge in [-0.1, -0.05) is 12.1 Å². The van der Waals surface area contributed by atoms with E-state index in [1.807, 2.05) is 0 Å². The van der Waals surface area contributed by atoms with E-state index in [0.29, 0.717) is 18.7 Å². The van der Waals surface area contributed by atoms with Crippen molar-refractivity contribution in [2.45, 2.75) is 17.7 Å². The van der Waals surface area contributed by atoms with Crippen molar-refractivity contribution >= 4 is 27.8 Å². The van der Waals surface area contributed by atoms with Crippen LogP contribution in [0, 0.1) is 0 Å². The van der Waals surface area contributed by atoms with Crippen molar-refractivity contribution < 1.29 is 18.3 Å². The minimum Gasteiger partial charge on any atom is -0.481 e. The van der Waals surface area contributed by atoms with Crippen LogP contribution >= 0.6 is 11.8 Å². The molecule has 0 bridgehead atoms. The van der Waals surface area contributed by atoms with Crippen LogP contribution in [0.1, 0.15) is 12.0 Å². The van der Waals surface area contributed by atoms with E-state index in [0.717, 1.165) is 17.9 Å². The maximum atomic E-state index is 12.5. The summed E-state index contributed by atoms with van der Waals surface area (Å²) in [6.45, 7) is 1.08. The zero-order chi connectivity index (χ0) is 14.6. The van der Waals surface area contributed by atoms with Gasteiger partial charge in [-0.3, -0.25) is 4.79 Å². The molecule has 2 rings (SSSR count). The zero-order valence-electron chi connectivity index (χ0n) is 11.0. The summed E-state index contributed by atoms with van der Waals surface area (Å²) < 4.78 is 26.5. The number of sulfonamides is 1. The maximum absolute atomic E-state index is 12.5. The first kappa shape index (κ1) is 15.3. The number of aliphatic carboxylic acids is 1. The van der Waals surface area contributed by atoms with E-state index >= 15 is 0 Å². The quantitative estimate of drug-likeness (QED) is 0.910. The number of carbonyl (C=O) groups is 1. The number of carboxylic acids is 1. The fourth-order valence-corrected chi connectivity index (χ4v) is 4.55. The predicted octanol–water partition coefficient (Wildman–Crippen LogP) is 1.44. The molecular weight excluding hydrogens is 298 g/mol. The Kier molecular flexibility index (Phi) is 5.06. The van der Waals surface area contributed by atoms with E-state index in [1.165, 1.54) is 16.4 Å². The molecule has 1 aromatic carbocycles. The van der Waals surface area contributed by atoms with Gasteiger partial charge < -0.3 is 5.11 Å². The Morgan fingerprint density at radius 1 is 1.20 bits per heavy atom. The van der Waals surface area contributed by atoms with E-state index < -0.39 is 16.0 Å². The molecule has 0 aliphatic carbocycles. The molecule has 20 heavy (non-hydrogen) atoms. The lowest BCUT2D eigenvalue weighted by molar-refractivity contribution is -0.136. The number of hydrogen-bond donors (Lipinski definition) is 1. The van der Waals surface area contributed by atoms with Gasteiger partial charge >= 0.3 is 5.97 Å². The van der Waals surface area contributed by atoms with E-state index in [2.05, 4.69) is 0 Å². The lowest BCUT2D eigenvalue weighted by Crippen LogP contribution is -2.33. The summed E-state index contributed by atoms with van der Waals surface area (Å²) >= 11 is 1.77. The standard InChI is InChI=1S/C13H17NO4S2/c15-13(16)10-11-2-4-12(5-3-11)20(17,18)14-6-1-8-19-9-7-14/h2-5H,1,6-10H2,(H,15,16). The molecule has 110 valence electrons. The van der Waals surface area contributed by atoms with Gasteiger partial charge in [0, 0.05) is 18.8 Å². The van der Waals surface area contributed by atoms with Gasteiger partial charge in [0.1, 0.15) is 0 Å². The molecule has 0 atom stereocenters. The molecule has 5 nitrogen and oxygen atoms in total. The number of hydrogen-bond acceptors (Lipinski definition) is 4. The maximum Gasteiger partial charge on any atom is 0.307 e. The molecule has 0 radical (unpaired) electrons. The normalized spacial score (nSPS) is 17.6. The molecule has 0 amide bonds. The van der Waals surface area contributed by atoms with Crippen LogP contribution in [0.2, 0.25) is 0 Å². The van der Waals surface area contributed by atoms with Gasteiger partial charge in [0.05, 0.1) is 11.3 Å². The highest BCUT2D eigenvalue weighted by Crippen LogP contribution is 2.20. The number of benzene rings is 1. The molecule has 1 aromatic rings. The van der Waals surface area contributed by atoms with Crippen LogP contribution in [0.15, 0.2) is 29.2 Å². The highest BCUT2D eigenvalue weighted by atomic mass is 32.2. The third-order valence-electron chi connectivity index (χ3n) is 3.10. The summed E-state index contributed by atoms with van der Waals surface area (Å²) in [5, 5.41) is 8.70. The lowest BCUT2D eigenvalue weighted by Gasteiger charge is -2.19. The second kappa shape index (κ2) is 6.60. The molecule has 0 aromatic heterocycles. The van der Waals surface area contributed by atoms with Crippen LogP contribution in [0.4, 0.5) is 0 Å². The Morgan fingerprint density at radius 3 is 2.55 bits per heavy atom. The third-order valence-corrected chi connectivity index (χ3v) is 6.06. The summed E-state index contributed by atoms with van der Waals surface area (Å²) in [4.78, 5) is 10.8. The Morgan fingerprint density at radius 2 is 1.90 bits per heavy atom. The zero-order valence-corrected chi connectivity index (χ0v) is 12.6. The molecule has 1 aliphatic heterocycles. The average Bonchev–Trinajstić information content (AvgIpc) is 2.68. The van der Waals surface area contributed by atoms with Crippen LogP contribution < -0.4 is 0 Å². The molecule has 0 spiro atoms. The molecule has 1 aliphatic rings. The third kappa shape index (κ3) is 3.74. The highest BCUT2D eigenvalue weighted by molar-refractivity contribution is 7.99. The first-order chi connectivity index (χ1) is 9.50. The minimum absolute atomic E-state index is 0.0965. The van der Waals surface area contributed by atoms with Gasteiger partial charge in [-0.15, -0.1) is 0 Å². The lowest BCUT2D eigenvalue weighted by atomic mass is 10.2. The molecule has 1 heterocycles. The van der Waals surface area contributed by atoms with E-state index in [1.54, 1.807) is 23.9 Å². The Labute approximate surface area is 123 Å².